The molecule has 0 N–H and O–H groups in total. The fourth-order valence-corrected chi connectivity index (χ4v) is 16.6. The van der Waals surface area contributed by atoms with Gasteiger partial charge in [-0.15, -0.1) is 0 Å². The normalized spacial score (nSPS) is 39.4. The van der Waals surface area contributed by atoms with Gasteiger partial charge in [0.1, 0.15) is 0 Å². The maximum atomic E-state index is 2.39. The number of hydrogen-bond acceptors (Lipinski definition) is 0. The summed E-state index contributed by atoms with van der Waals surface area (Å²) < 4.78 is 0. The van der Waals surface area contributed by atoms with Crippen molar-refractivity contribution in [3.05, 3.63) is 0 Å². The Hall–Kier alpha value is 0. The molecular weight excluding hydrogens is 1010 g/mol. The van der Waals surface area contributed by atoms with Crippen molar-refractivity contribution in [2.24, 2.45) is 151 Å². The molecule has 0 nitrogen and oxygen atoms in total. The molecule has 0 aromatic heterocycles. The molecule has 13 saturated carbocycles. The molecule has 13 fully saturated rings. The summed E-state index contributed by atoms with van der Waals surface area (Å²) in [4.78, 5) is 0. The molecule has 0 radical (unpaired) electrons. The van der Waals surface area contributed by atoms with Crippen LogP contribution in [0.1, 0.15) is 387 Å². The van der Waals surface area contributed by atoms with Gasteiger partial charge in [-0.25, -0.2) is 0 Å². The van der Waals surface area contributed by atoms with Gasteiger partial charge in [-0.1, -0.05) is 252 Å². The molecule has 0 aromatic carbocycles. The highest BCUT2D eigenvalue weighted by molar-refractivity contribution is 4.94. The standard InChI is InChI=1S/C7H12.11C7H14/c1-5-4-7(5)6-2-3-6;2*1-6-4-7(2,3)5-6;2*1-6-4-5-7(6,2)3;2*1-5-4-6(2)7(5)3;2*1-3-7-4-6(2)5-7;1-3-7(2)5-4-6-7;2*1-3-7-5-4-6(7)2/h5-7H,2-4H2,1H3;4*6H,4-5H2,1-3H3;2*5-7H,4H2,1-3H3;2*6-7H,3-5H2,1-2H3;3-6H2,1-2H3;2*6-7H,3-5H2,1-2H3/t5-,7?;;;6-;;5-,6?,7?;;;;;6-,7?;/m0..0.0....0./s1. The van der Waals surface area contributed by atoms with Crippen LogP contribution in [0.4, 0.5) is 0 Å². The number of hydrogen-bond donors (Lipinski definition) is 0. The van der Waals surface area contributed by atoms with Gasteiger partial charge in [0.15, 0.2) is 0 Å². The monoisotopic (exact) mass is 1180 g/mol. The molecule has 0 aromatic rings. The number of rotatable bonds is 6. The summed E-state index contributed by atoms with van der Waals surface area (Å²) in [5.74, 6) is 22.0. The second kappa shape index (κ2) is 37.5. The van der Waals surface area contributed by atoms with Crippen LogP contribution in [-0.2, 0) is 0 Å². The van der Waals surface area contributed by atoms with E-state index in [4.69, 9.17) is 0 Å². The van der Waals surface area contributed by atoms with Gasteiger partial charge >= 0.3 is 0 Å². The van der Waals surface area contributed by atoms with Crippen LogP contribution in [0.2, 0.25) is 0 Å². The highest BCUT2D eigenvalue weighted by atomic mass is 14.5. The lowest BCUT2D eigenvalue weighted by Gasteiger charge is -2.42. The Morgan fingerprint density at radius 1 is 0.310 bits per heavy atom. The lowest BCUT2D eigenvalue weighted by atomic mass is 9.64. The molecule has 13 aliphatic carbocycles. The van der Waals surface area contributed by atoms with Crippen LogP contribution in [0, 0.1) is 151 Å². The minimum atomic E-state index is 0.681. The molecule has 9 unspecified atom stereocenters. The largest absolute Gasteiger partial charge is 0.0651 e. The highest BCUT2D eigenvalue weighted by Crippen LogP contribution is 2.54. The summed E-state index contributed by atoms with van der Waals surface area (Å²) in [6, 6.07) is 0. The van der Waals surface area contributed by atoms with E-state index in [0.29, 0.717) is 21.7 Å². The first-order chi connectivity index (χ1) is 38.9. The maximum Gasteiger partial charge on any atom is -0.0328 e. The topological polar surface area (TPSA) is 0 Å². The molecule has 13 atom stereocenters. The Morgan fingerprint density at radius 2 is 0.619 bits per heavy atom. The van der Waals surface area contributed by atoms with E-state index in [0.717, 1.165) is 118 Å². The third-order valence-electron chi connectivity index (χ3n) is 27.3. The lowest BCUT2D eigenvalue weighted by molar-refractivity contribution is 0.0891. The minimum absolute atomic E-state index is 0.681. The van der Waals surface area contributed by atoms with Crippen LogP contribution >= 0.6 is 0 Å². The average Bonchev–Trinajstić information content (AvgIpc) is 4.54. The third-order valence-corrected chi connectivity index (χ3v) is 27.3. The second-order valence-electron chi connectivity index (χ2n) is 37.7. The first-order valence-corrected chi connectivity index (χ1v) is 38.9. The van der Waals surface area contributed by atoms with Crippen molar-refractivity contribution >= 4 is 0 Å². The molecule has 0 amide bonds. The predicted octanol–water partition coefficient (Wildman–Crippen LogP) is 28.8. The van der Waals surface area contributed by atoms with E-state index in [2.05, 4.69) is 201 Å². The van der Waals surface area contributed by atoms with Crippen LogP contribution in [0.5, 0.6) is 0 Å². The first-order valence-electron chi connectivity index (χ1n) is 38.9. The Morgan fingerprint density at radius 3 is 0.643 bits per heavy atom. The summed E-state index contributed by atoms with van der Waals surface area (Å²) in [6.45, 7) is 67.7. The molecule has 84 heavy (non-hydrogen) atoms. The Bertz CT molecular complexity index is 1500. The van der Waals surface area contributed by atoms with Gasteiger partial charge in [0.25, 0.3) is 0 Å². The zero-order valence-electron chi connectivity index (χ0n) is 64.1. The van der Waals surface area contributed by atoms with Crippen LogP contribution in [0.3, 0.4) is 0 Å². The van der Waals surface area contributed by atoms with Gasteiger partial charge in [-0.2, -0.15) is 0 Å². The summed E-state index contributed by atoms with van der Waals surface area (Å²) in [5.41, 5.74) is 3.51. The SMILES string of the molecule is CC1CC(C)(C)C1.CC1CC(C)(C)C1.CC1CC(C)C1C.CC1CCC1(C)C.CC1C[C@H](C)C1C.CCC1(C)CCC1.CCC1CC(C)C1.CCC1CC(C)C1.CCC1CCC1C.CCC1CC[C@@H]1C.C[C@H]1CC1C1CC1.C[C@H]1CCC1(C)C. The van der Waals surface area contributed by atoms with Crippen LogP contribution in [0.15, 0.2) is 0 Å². The van der Waals surface area contributed by atoms with E-state index in [9.17, 15) is 0 Å². The van der Waals surface area contributed by atoms with Gasteiger partial charge in [-0.3, -0.25) is 0 Å². The van der Waals surface area contributed by atoms with Gasteiger partial charge in [0, 0.05) is 0 Å². The van der Waals surface area contributed by atoms with E-state index in [1.165, 1.54) is 179 Å². The van der Waals surface area contributed by atoms with Crippen molar-refractivity contribution in [3.63, 3.8) is 0 Å². The van der Waals surface area contributed by atoms with Gasteiger partial charge in [0.2, 0.25) is 0 Å². The minimum Gasteiger partial charge on any atom is -0.0651 e. The van der Waals surface area contributed by atoms with Gasteiger partial charge < -0.3 is 0 Å². The highest BCUT2D eigenvalue weighted by Gasteiger charge is 2.44. The Labute approximate surface area is 535 Å². The van der Waals surface area contributed by atoms with E-state index < -0.39 is 0 Å². The van der Waals surface area contributed by atoms with E-state index >= 15 is 0 Å². The maximum absolute atomic E-state index is 2.39. The summed E-state index contributed by atoms with van der Waals surface area (Å²) in [7, 11) is 0. The second-order valence-corrected chi connectivity index (χ2v) is 37.7. The molecule has 0 spiro atoms. The molecule has 13 aliphatic rings. The molecule has 502 valence electrons. The quantitative estimate of drug-likeness (QED) is 0.249. The molecule has 0 bridgehead atoms. The van der Waals surface area contributed by atoms with Crippen molar-refractivity contribution in [2.45, 2.75) is 387 Å². The molecular formula is C84H166. The van der Waals surface area contributed by atoms with Crippen molar-refractivity contribution in [3.8, 4) is 0 Å². The zero-order valence-corrected chi connectivity index (χ0v) is 64.1. The summed E-state index contributed by atoms with van der Waals surface area (Å²) >= 11 is 0. The van der Waals surface area contributed by atoms with Crippen LogP contribution < -0.4 is 0 Å². The average molecular weight is 1180 g/mol. The molecule has 0 heteroatoms. The Balaban J connectivity index is 0.000000313. The molecule has 13 rings (SSSR count). The Kier molecular flexibility index (Phi) is 35.8. The predicted molar refractivity (Wildman–Crippen MR) is 384 cm³/mol. The van der Waals surface area contributed by atoms with Crippen molar-refractivity contribution in [2.75, 3.05) is 0 Å². The summed E-state index contributed by atoms with van der Waals surface area (Å²) in [6.07, 6.45) is 42.5. The lowest BCUT2D eigenvalue weighted by Crippen LogP contribution is -2.31. The first kappa shape index (κ1) is 80.1. The summed E-state index contributed by atoms with van der Waals surface area (Å²) in [5, 5.41) is 0. The van der Waals surface area contributed by atoms with E-state index in [1.54, 1.807) is 19.3 Å². The van der Waals surface area contributed by atoms with Gasteiger partial charge in [-0.05, 0) is 286 Å². The van der Waals surface area contributed by atoms with Crippen molar-refractivity contribution in [1.29, 1.82) is 0 Å². The zero-order chi connectivity index (χ0) is 64.1. The van der Waals surface area contributed by atoms with Crippen LogP contribution in [0.25, 0.3) is 0 Å². The van der Waals surface area contributed by atoms with Crippen molar-refractivity contribution in [1.82, 2.24) is 0 Å². The molecule has 0 saturated heterocycles. The fourth-order valence-electron chi connectivity index (χ4n) is 16.6. The van der Waals surface area contributed by atoms with Gasteiger partial charge in [0.05, 0.1) is 0 Å². The van der Waals surface area contributed by atoms with E-state index in [-0.39, 0.29) is 0 Å². The molecule has 0 aliphatic heterocycles. The molecule has 0 heterocycles. The van der Waals surface area contributed by atoms with Crippen LogP contribution in [-0.4, -0.2) is 0 Å². The van der Waals surface area contributed by atoms with Crippen molar-refractivity contribution < 1.29 is 0 Å². The third kappa shape index (κ3) is 30.0. The fraction of sp³-hybridized carbons (Fsp3) is 1.00. The van der Waals surface area contributed by atoms with E-state index in [1.807, 2.05) is 0 Å². The smallest absolute Gasteiger partial charge is 0.0328 e.